The van der Waals surface area contributed by atoms with E-state index in [0.29, 0.717) is 30.8 Å². The number of rotatable bonds is 5. The van der Waals surface area contributed by atoms with Gasteiger partial charge < -0.3 is 14.2 Å². The molecule has 0 spiro atoms. The first kappa shape index (κ1) is 22.7. The van der Waals surface area contributed by atoms with Gasteiger partial charge in [-0.2, -0.15) is 0 Å². The number of fused-ring (bicyclic) bond motifs is 1. The average molecular weight is 476 g/mol. The number of halogens is 1. The van der Waals surface area contributed by atoms with Crippen LogP contribution in [0.25, 0.3) is 22.2 Å². The molecule has 180 valence electrons. The maximum absolute atomic E-state index is 15.0. The molecule has 0 N–H and O–H groups in total. The summed E-state index contributed by atoms with van der Waals surface area (Å²) in [5, 5.41) is 11.8. The van der Waals surface area contributed by atoms with Gasteiger partial charge >= 0.3 is 6.09 Å². The van der Waals surface area contributed by atoms with Crippen molar-refractivity contribution < 1.29 is 13.9 Å². The molecule has 35 heavy (non-hydrogen) atoms. The molecular weight excluding hydrogens is 449 g/mol. The van der Waals surface area contributed by atoms with Crippen LogP contribution >= 0.6 is 0 Å². The minimum atomic E-state index is -0.351. The number of ether oxygens (including phenoxy) is 1. The van der Waals surface area contributed by atoms with Gasteiger partial charge in [0.1, 0.15) is 12.1 Å². The van der Waals surface area contributed by atoms with Gasteiger partial charge in [0.2, 0.25) is 0 Å². The van der Waals surface area contributed by atoms with Crippen LogP contribution in [-0.2, 0) is 11.3 Å². The Kier molecular flexibility index (Phi) is 6.02. The van der Waals surface area contributed by atoms with Gasteiger partial charge in [-0.25, -0.2) is 13.9 Å². The lowest BCUT2D eigenvalue weighted by Gasteiger charge is -2.31. The third kappa shape index (κ3) is 4.64. The van der Waals surface area contributed by atoms with Gasteiger partial charge in [-0.05, 0) is 59.5 Å². The number of hydrogen-bond acceptors (Lipinski definition) is 6. The molecule has 3 aromatic heterocycles. The quantitative estimate of drug-likeness (QED) is 0.432. The Bertz CT molecular complexity index is 1380. The smallest absolute Gasteiger partial charge is 0.410 e. The first-order valence-electron chi connectivity index (χ1n) is 11.5. The summed E-state index contributed by atoms with van der Waals surface area (Å²) in [6.07, 6.45) is 6.76. The molecule has 0 radical (unpaired) electrons. The maximum Gasteiger partial charge on any atom is 0.410 e. The molecular formula is C25H26FN7O2. The molecule has 10 heteroatoms. The number of tetrazole rings is 1. The summed E-state index contributed by atoms with van der Waals surface area (Å²) >= 11 is 0. The van der Waals surface area contributed by atoms with E-state index in [1.54, 1.807) is 4.90 Å². The van der Waals surface area contributed by atoms with Crippen LogP contribution in [0.15, 0.2) is 55.1 Å². The molecule has 4 aromatic rings. The van der Waals surface area contributed by atoms with Crippen molar-refractivity contribution in [1.82, 2.24) is 34.7 Å². The molecule has 1 atom stereocenters. The fraction of sp³-hybridized carbons (Fsp3) is 0.320. The Morgan fingerprint density at radius 3 is 2.80 bits per heavy atom. The van der Waals surface area contributed by atoms with Crippen LogP contribution in [0.3, 0.4) is 0 Å². The third-order valence-electron chi connectivity index (χ3n) is 6.05. The first-order valence-corrected chi connectivity index (χ1v) is 11.5. The van der Waals surface area contributed by atoms with Crippen LogP contribution in [0.5, 0.6) is 0 Å². The lowest BCUT2D eigenvalue weighted by molar-refractivity contribution is 0.0769. The Balaban J connectivity index is 1.32. The summed E-state index contributed by atoms with van der Waals surface area (Å²) in [5.74, 6) is -0.190. The Morgan fingerprint density at radius 1 is 1.26 bits per heavy atom. The summed E-state index contributed by atoms with van der Waals surface area (Å²) < 4.78 is 23.6. The van der Waals surface area contributed by atoms with Crippen LogP contribution in [-0.4, -0.2) is 59.9 Å². The van der Waals surface area contributed by atoms with E-state index >= 15 is 0 Å². The zero-order chi connectivity index (χ0) is 24.5. The lowest BCUT2D eigenvalue weighted by atomic mass is 9.91. The van der Waals surface area contributed by atoms with E-state index in [4.69, 9.17) is 4.74 Å². The predicted molar refractivity (Wildman–Crippen MR) is 128 cm³/mol. The molecule has 5 rings (SSSR count). The molecule has 0 aliphatic carbocycles. The number of carbonyl (C=O) groups is 1. The van der Waals surface area contributed by atoms with E-state index in [9.17, 15) is 9.18 Å². The maximum atomic E-state index is 15.0. The summed E-state index contributed by atoms with van der Waals surface area (Å²) in [5.41, 5.74) is 4.07. The SMILES string of the molecule is CC(C)OC(=O)N1CC=C(c2ccc(Cn3ccc4cc(-n5cnnn5)cc(F)c43)nc2)C(C)C1. The van der Waals surface area contributed by atoms with E-state index < -0.39 is 0 Å². The van der Waals surface area contributed by atoms with Crippen molar-refractivity contribution in [3.8, 4) is 5.69 Å². The zero-order valence-corrected chi connectivity index (χ0v) is 19.8. The Hall–Kier alpha value is -4.08. The highest BCUT2D eigenvalue weighted by molar-refractivity contribution is 5.83. The number of pyridine rings is 1. The van der Waals surface area contributed by atoms with E-state index in [-0.39, 0.29) is 23.9 Å². The van der Waals surface area contributed by atoms with Crippen LogP contribution in [0.1, 0.15) is 32.0 Å². The van der Waals surface area contributed by atoms with Crippen molar-refractivity contribution in [2.75, 3.05) is 13.1 Å². The van der Waals surface area contributed by atoms with Gasteiger partial charge in [-0.3, -0.25) is 4.98 Å². The fourth-order valence-corrected chi connectivity index (χ4v) is 4.43. The molecule has 1 amide bonds. The second-order valence-corrected chi connectivity index (χ2v) is 9.00. The summed E-state index contributed by atoms with van der Waals surface area (Å²) in [6, 6.07) is 9.12. The van der Waals surface area contributed by atoms with Crippen LogP contribution in [0, 0.1) is 11.7 Å². The van der Waals surface area contributed by atoms with Crippen molar-refractivity contribution >= 4 is 22.6 Å². The Morgan fingerprint density at radius 2 is 2.11 bits per heavy atom. The topological polar surface area (TPSA) is 91.0 Å². The third-order valence-corrected chi connectivity index (χ3v) is 6.05. The van der Waals surface area contributed by atoms with Gasteiger partial charge in [0.25, 0.3) is 0 Å². The van der Waals surface area contributed by atoms with E-state index in [1.165, 1.54) is 17.1 Å². The van der Waals surface area contributed by atoms with Gasteiger partial charge in [0, 0.05) is 36.9 Å². The number of hydrogen-bond donors (Lipinski definition) is 0. The van der Waals surface area contributed by atoms with Crippen molar-refractivity contribution in [2.45, 2.75) is 33.4 Å². The molecule has 4 heterocycles. The number of benzene rings is 1. The molecule has 1 aromatic carbocycles. The highest BCUT2D eigenvalue weighted by Crippen LogP contribution is 2.28. The summed E-state index contributed by atoms with van der Waals surface area (Å²) in [6.45, 7) is 7.33. The van der Waals surface area contributed by atoms with Crippen molar-refractivity contribution in [3.63, 3.8) is 0 Å². The molecule has 0 saturated carbocycles. The van der Waals surface area contributed by atoms with Crippen molar-refractivity contribution in [1.29, 1.82) is 0 Å². The molecule has 1 unspecified atom stereocenters. The standard InChI is InChI=1S/C25H26FN7O2/c1-16(2)35-25(34)32-9-7-22(17(3)13-32)19-4-5-20(27-12-19)14-31-8-6-18-10-21(11-23(26)24(18)31)33-15-28-29-30-33/h4-8,10-12,15-17H,9,13-14H2,1-3H3. The fourth-order valence-electron chi connectivity index (χ4n) is 4.43. The van der Waals surface area contributed by atoms with Gasteiger partial charge in [-0.1, -0.05) is 19.1 Å². The van der Waals surface area contributed by atoms with Gasteiger partial charge in [0.05, 0.1) is 29.5 Å². The van der Waals surface area contributed by atoms with E-state index in [2.05, 4.69) is 33.5 Å². The van der Waals surface area contributed by atoms with Gasteiger partial charge in [0.15, 0.2) is 0 Å². The zero-order valence-electron chi connectivity index (χ0n) is 19.8. The molecule has 0 saturated heterocycles. The molecule has 1 aliphatic heterocycles. The monoisotopic (exact) mass is 475 g/mol. The molecule has 9 nitrogen and oxygen atoms in total. The first-order chi connectivity index (χ1) is 16.9. The highest BCUT2D eigenvalue weighted by Gasteiger charge is 2.25. The number of amides is 1. The van der Waals surface area contributed by atoms with Crippen LogP contribution in [0.2, 0.25) is 0 Å². The van der Waals surface area contributed by atoms with Crippen LogP contribution in [0.4, 0.5) is 9.18 Å². The van der Waals surface area contributed by atoms with Gasteiger partial charge in [-0.15, -0.1) is 5.10 Å². The highest BCUT2D eigenvalue weighted by atomic mass is 19.1. The normalized spacial score (nSPS) is 16.1. The number of aromatic nitrogens is 6. The molecule has 1 aliphatic rings. The van der Waals surface area contributed by atoms with Crippen molar-refractivity contribution in [3.05, 3.63) is 72.2 Å². The number of nitrogens with zero attached hydrogens (tertiary/aromatic N) is 7. The van der Waals surface area contributed by atoms with Crippen LogP contribution < -0.4 is 0 Å². The summed E-state index contributed by atoms with van der Waals surface area (Å²) in [7, 11) is 0. The summed E-state index contributed by atoms with van der Waals surface area (Å²) in [4.78, 5) is 18.6. The largest absolute Gasteiger partial charge is 0.447 e. The van der Waals surface area contributed by atoms with E-state index in [0.717, 1.165) is 22.2 Å². The number of carbonyl (C=O) groups excluding carboxylic acids is 1. The van der Waals surface area contributed by atoms with Crippen molar-refractivity contribution in [2.24, 2.45) is 5.92 Å². The molecule has 0 bridgehead atoms. The van der Waals surface area contributed by atoms with E-state index in [1.807, 2.05) is 55.1 Å². The second-order valence-electron chi connectivity index (χ2n) is 9.00. The predicted octanol–water partition coefficient (Wildman–Crippen LogP) is 4.08. The molecule has 0 fully saturated rings. The minimum Gasteiger partial charge on any atom is -0.447 e. The second kappa shape index (κ2) is 9.28. The Labute approximate surface area is 201 Å². The average Bonchev–Trinajstić information content (AvgIpc) is 3.50. The minimum absolute atomic E-state index is 0.140. The lowest BCUT2D eigenvalue weighted by Crippen LogP contribution is -2.39.